The third-order valence-electron chi connectivity index (χ3n) is 2.34. The molecular weight excluding hydrogens is 200 g/mol. The van der Waals surface area contributed by atoms with Crippen molar-refractivity contribution in [2.45, 2.75) is 0 Å². The Hall–Kier alpha value is -2.16. The molecule has 0 spiro atoms. The van der Waals surface area contributed by atoms with Crippen molar-refractivity contribution in [2.24, 2.45) is 0 Å². The van der Waals surface area contributed by atoms with Gasteiger partial charge in [-0.05, 0) is 18.2 Å². The smallest absolute Gasteiger partial charge is 0.251 e. The Kier molecular flexibility index (Phi) is 2.96. The molecule has 0 radical (unpaired) electrons. The molecule has 2 aromatic rings. The van der Waals surface area contributed by atoms with Crippen LogP contribution in [0.25, 0.3) is 11.3 Å². The summed E-state index contributed by atoms with van der Waals surface area (Å²) in [5, 5.41) is 2.62. The number of carbonyl (C=O) groups excluding carboxylic acids is 1. The highest BCUT2D eigenvalue weighted by atomic mass is 16.1. The normalized spacial score (nSPS) is 9.81. The van der Waals surface area contributed by atoms with Gasteiger partial charge in [0, 0.05) is 24.4 Å². The van der Waals surface area contributed by atoms with Gasteiger partial charge in [-0.15, -0.1) is 0 Å². The van der Waals surface area contributed by atoms with Gasteiger partial charge in [-0.2, -0.15) is 0 Å². The second-order valence-electron chi connectivity index (χ2n) is 3.34. The lowest BCUT2D eigenvalue weighted by Crippen LogP contribution is -2.18. The Labute approximate surface area is 94.1 Å². The van der Waals surface area contributed by atoms with Gasteiger partial charge in [-0.1, -0.05) is 24.3 Å². The molecule has 2 rings (SSSR count). The van der Waals surface area contributed by atoms with Crippen LogP contribution in [0.1, 0.15) is 10.4 Å². The van der Waals surface area contributed by atoms with Crippen LogP contribution in [0.3, 0.4) is 0 Å². The summed E-state index contributed by atoms with van der Waals surface area (Å²) >= 11 is 0. The fraction of sp³-hybridized carbons (Fsp3) is 0.0769. The number of carbonyl (C=O) groups is 1. The van der Waals surface area contributed by atoms with E-state index in [4.69, 9.17) is 0 Å². The van der Waals surface area contributed by atoms with Gasteiger partial charge in [-0.3, -0.25) is 9.78 Å². The van der Waals surface area contributed by atoms with E-state index < -0.39 is 0 Å². The quantitative estimate of drug-likeness (QED) is 0.828. The number of nitrogens with zero attached hydrogens (tertiary/aromatic N) is 1. The first-order valence-corrected chi connectivity index (χ1v) is 5.05. The first kappa shape index (κ1) is 10.4. The molecular formula is C13H12N2O. The highest BCUT2D eigenvalue weighted by Crippen LogP contribution is 2.20. The van der Waals surface area contributed by atoms with E-state index in [0.29, 0.717) is 5.56 Å². The van der Waals surface area contributed by atoms with Crippen LogP contribution in [0, 0.1) is 0 Å². The van der Waals surface area contributed by atoms with Gasteiger partial charge < -0.3 is 5.32 Å². The number of benzene rings is 1. The minimum Gasteiger partial charge on any atom is -0.355 e. The Balaban J connectivity index is 2.53. The van der Waals surface area contributed by atoms with Crippen molar-refractivity contribution < 1.29 is 4.79 Å². The molecule has 80 valence electrons. The third-order valence-corrected chi connectivity index (χ3v) is 2.34. The van der Waals surface area contributed by atoms with Gasteiger partial charge in [-0.25, -0.2) is 0 Å². The molecule has 3 nitrogen and oxygen atoms in total. The van der Waals surface area contributed by atoms with Crippen molar-refractivity contribution in [1.29, 1.82) is 0 Å². The molecule has 0 bridgehead atoms. The number of rotatable bonds is 2. The summed E-state index contributed by atoms with van der Waals surface area (Å²) in [7, 11) is 1.62. The highest BCUT2D eigenvalue weighted by molar-refractivity contribution is 6.00. The Morgan fingerprint density at radius 1 is 1.12 bits per heavy atom. The van der Waals surface area contributed by atoms with E-state index in [1.807, 2.05) is 36.4 Å². The van der Waals surface area contributed by atoms with Crippen LogP contribution in [0.15, 0.2) is 48.7 Å². The van der Waals surface area contributed by atoms with Crippen molar-refractivity contribution in [3.63, 3.8) is 0 Å². The van der Waals surface area contributed by atoms with Crippen molar-refractivity contribution in [3.05, 3.63) is 54.2 Å². The number of amides is 1. The van der Waals surface area contributed by atoms with Crippen LogP contribution in [0.2, 0.25) is 0 Å². The van der Waals surface area contributed by atoms with Crippen LogP contribution >= 0.6 is 0 Å². The van der Waals surface area contributed by atoms with Crippen LogP contribution in [0.5, 0.6) is 0 Å². The summed E-state index contributed by atoms with van der Waals surface area (Å²) < 4.78 is 0. The van der Waals surface area contributed by atoms with Gasteiger partial charge in [0.2, 0.25) is 0 Å². The SMILES string of the molecule is CNC(=O)c1ccccc1-c1ccccn1. The summed E-state index contributed by atoms with van der Waals surface area (Å²) in [4.78, 5) is 15.9. The van der Waals surface area contributed by atoms with Gasteiger partial charge in [0.25, 0.3) is 5.91 Å². The molecule has 0 saturated heterocycles. The van der Waals surface area contributed by atoms with Crippen molar-refractivity contribution in [3.8, 4) is 11.3 Å². The van der Waals surface area contributed by atoms with E-state index in [1.54, 1.807) is 19.3 Å². The summed E-state index contributed by atoms with van der Waals surface area (Å²) in [6.45, 7) is 0. The van der Waals surface area contributed by atoms with Gasteiger partial charge in [0.15, 0.2) is 0 Å². The topological polar surface area (TPSA) is 42.0 Å². The highest BCUT2D eigenvalue weighted by Gasteiger charge is 2.10. The molecule has 1 N–H and O–H groups in total. The van der Waals surface area contributed by atoms with E-state index in [9.17, 15) is 4.79 Å². The number of hydrogen-bond donors (Lipinski definition) is 1. The molecule has 1 amide bonds. The molecule has 0 aliphatic carbocycles. The predicted molar refractivity (Wildman–Crippen MR) is 63.1 cm³/mol. The largest absolute Gasteiger partial charge is 0.355 e. The van der Waals surface area contributed by atoms with Crippen molar-refractivity contribution >= 4 is 5.91 Å². The summed E-state index contributed by atoms with van der Waals surface area (Å²) in [5.74, 6) is -0.0961. The lowest BCUT2D eigenvalue weighted by atomic mass is 10.0. The second kappa shape index (κ2) is 4.57. The van der Waals surface area contributed by atoms with Gasteiger partial charge in [0.05, 0.1) is 5.69 Å². The Bertz CT molecular complexity index is 494. The molecule has 1 heterocycles. The maximum absolute atomic E-state index is 11.7. The molecule has 3 heteroatoms. The lowest BCUT2D eigenvalue weighted by Gasteiger charge is -2.06. The Morgan fingerprint density at radius 3 is 2.56 bits per heavy atom. The lowest BCUT2D eigenvalue weighted by molar-refractivity contribution is 0.0963. The van der Waals surface area contributed by atoms with Crippen molar-refractivity contribution in [2.75, 3.05) is 7.05 Å². The van der Waals surface area contributed by atoms with Crippen LogP contribution in [0.4, 0.5) is 0 Å². The minimum absolute atomic E-state index is 0.0961. The molecule has 1 aromatic heterocycles. The van der Waals surface area contributed by atoms with Crippen LogP contribution in [-0.4, -0.2) is 17.9 Å². The van der Waals surface area contributed by atoms with E-state index in [-0.39, 0.29) is 5.91 Å². The number of hydrogen-bond acceptors (Lipinski definition) is 2. The zero-order valence-electron chi connectivity index (χ0n) is 8.97. The number of aromatic nitrogens is 1. The van der Waals surface area contributed by atoms with Crippen LogP contribution < -0.4 is 5.32 Å². The summed E-state index contributed by atoms with van der Waals surface area (Å²) in [6, 6.07) is 13.1. The van der Waals surface area contributed by atoms with Crippen molar-refractivity contribution in [1.82, 2.24) is 10.3 Å². The summed E-state index contributed by atoms with van der Waals surface area (Å²) in [6.07, 6.45) is 1.72. The molecule has 0 saturated carbocycles. The fourth-order valence-electron chi connectivity index (χ4n) is 1.56. The van der Waals surface area contributed by atoms with Gasteiger partial charge in [0.1, 0.15) is 0 Å². The number of pyridine rings is 1. The first-order valence-electron chi connectivity index (χ1n) is 5.05. The van der Waals surface area contributed by atoms with E-state index in [1.165, 1.54) is 0 Å². The minimum atomic E-state index is -0.0961. The molecule has 16 heavy (non-hydrogen) atoms. The molecule has 0 aliphatic heterocycles. The number of nitrogens with one attached hydrogen (secondary N) is 1. The molecule has 0 atom stereocenters. The zero-order valence-corrected chi connectivity index (χ0v) is 8.97. The van der Waals surface area contributed by atoms with E-state index in [2.05, 4.69) is 10.3 Å². The van der Waals surface area contributed by atoms with Crippen LogP contribution in [-0.2, 0) is 0 Å². The van der Waals surface area contributed by atoms with E-state index in [0.717, 1.165) is 11.3 Å². The fourth-order valence-corrected chi connectivity index (χ4v) is 1.56. The maximum atomic E-state index is 11.7. The van der Waals surface area contributed by atoms with Gasteiger partial charge >= 0.3 is 0 Å². The first-order chi connectivity index (χ1) is 7.83. The second-order valence-corrected chi connectivity index (χ2v) is 3.34. The molecule has 0 aliphatic rings. The Morgan fingerprint density at radius 2 is 1.88 bits per heavy atom. The average Bonchev–Trinajstić information content (AvgIpc) is 2.39. The maximum Gasteiger partial charge on any atom is 0.251 e. The van der Waals surface area contributed by atoms with E-state index >= 15 is 0 Å². The zero-order chi connectivity index (χ0) is 11.4. The molecule has 0 unspecified atom stereocenters. The third kappa shape index (κ3) is 1.93. The predicted octanol–water partition coefficient (Wildman–Crippen LogP) is 2.11. The average molecular weight is 212 g/mol. The standard InChI is InChI=1S/C13H12N2O/c1-14-13(16)11-7-3-2-6-10(11)12-8-4-5-9-15-12/h2-9H,1H3,(H,14,16). The molecule has 1 aromatic carbocycles. The monoisotopic (exact) mass is 212 g/mol. The summed E-state index contributed by atoms with van der Waals surface area (Å²) in [5.41, 5.74) is 2.30. The molecule has 0 fully saturated rings.